The fourth-order valence-electron chi connectivity index (χ4n) is 12.1. The van der Waals surface area contributed by atoms with E-state index in [2.05, 4.69) is 49.4 Å². The number of hydrogen-bond acceptors (Lipinski definition) is 12. The lowest BCUT2D eigenvalue weighted by Crippen LogP contribution is -2.41. The van der Waals surface area contributed by atoms with E-state index in [1.807, 2.05) is 20.0 Å². The van der Waals surface area contributed by atoms with Gasteiger partial charge in [0.15, 0.2) is 5.82 Å². The van der Waals surface area contributed by atoms with Gasteiger partial charge >= 0.3 is 6.01 Å². The van der Waals surface area contributed by atoms with Crippen molar-refractivity contribution in [3.63, 3.8) is 0 Å². The number of anilines is 2. The highest BCUT2D eigenvalue weighted by molar-refractivity contribution is 6.10. The Morgan fingerprint density at radius 2 is 1.76 bits per heavy atom. The number of aldehydes is 1. The topological polar surface area (TPSA) is 160 Å². The number of piperidine rings is 2. The Balaban J connectivity index is 0.797. The Hall–Kier alpha value is -5.80. The normalized spacial score (nSPS) is 21.9. The number of rotatable bonds is 17. The van der Waals surface area contributed by atoms with Crippen LogP contribution in [-0.2, 0) is 16.0 Å². The number of phenolic OH excluding ortho intramolecular Hbond substituents is 1. The fraction of sp³-hybridized carbons (Fsp3) is 0.536. The number of carbonyl (C=O) groups is 2. The van der Waals surface area contributed by atoms with E-state index in [1.54, 1.807) is 25.4 Å². The Morgan fingerprint density at radius 3 is 2.49 bits per heavy atom. The van der Waals surface area contributed by atoms with Crippen LogP contribution in [0.15, 0.2) is 48.7 Å². The standard InChI is InChI=1S/C56H71F2N9O4/c1-5-43-47(57)16-11-39-25-42(69)27-45(50(39)43)53-51(58)54-46(28-62-53)55(67-21-6-7-34(2)29-67)64-56(63-54)71-33-36-18-24-66(31-36)41-13-8-35(9-14-41)30-65-22-19-37(20-23-65)38-10-15-44(48(26-38)60-3)52(59)40(32-68)12-17-49(70)61-4/h10-11,15-16,25-28,32,34-37,40-41,59-60,69H,5-9,12-14,17-24,29-31,33H2,1-4H3,(H,61,70)/t34-,35?,36?,40?,41?/m0/s1. The van der Waals surface area contributed by atoms with Gasteiger partial charge in [0.25, 0.3) is 0 Å². The quantitative estimate of drug-likeness (QED) is 0.0519. The van der Waals surface area contributed by atoms with Crippen LogP contribution in [0.3, 0.4) is 0 Å². The second kappa shape index (κ2) is 22.3. The molecule has 0 bridgehead atoms. The summed E-state index contributed by atoms with van der Waals surface area (Å²) < 4.78 is 38.7. The van der Waals surface area contributed by atoms with Crippen LogP contribution in [0.5, 0.6) is 11.8 Å². The molecule has 3 saturated heterocycles. The van der Waals surface area contributed by atoms with Crippen molar-refractivity contribution in [3.8, 4) is 23.0 Å². The van der Waals surface area contributed by atoms with Crippen LogP contribution in [0.2, 0.25) is 0 Å². The molecule has 0 radical (unpaired) electrons. The molecule has 15 heteroatoms. The monoisotopic (exact) mass is 972 g/mol. The van der Waals surface area contributed by atoms with Gasteiger partial charge in [-0.25, -0.2) is 8.78 Å². The SMILES string of the molecule is CCc1c(F)ccc2cc(O)cc(-c3ncc4c(N5CCC[C@H](C)C5)nc(OCC5CCN(C6CCC(CN7CCC(c8ccc(C(=N)C(C=O)CCC(=O)NC)c(NC)c8)CC7)CC6)C5)nc4c3F)c12. The molecular weight excluding hydrogens is 901 g/mol. The van der Waals surface area contributed by atoms with E-state index in [1.165, 1.54) is 43.4 Å². The van der Waals surface area contributed by atoms with Gasteiger partial charge in [0.1, 0.15) is 34.9 Å². The van der Waals surface area contributed by atoms with Gasteiger partial charge in [-0.3, -0.25) is 14.7 Å². The summed E-state index contributed by atoms with van der Waals surface area (Å²) in [5.74, 6) is 0.628. The van der Waals surface area contributed by atoms with Crippen molar-refractivity contribution in [1.82, 2.24) is 30.1 Å². The number of carbonyl (C=O) groups excluding carboxylic acids is 2. The molecule has 3 atom stereocenters. The maximum atomic E-state index is 17.1. The first-order chi connectivity index (χ1) is 34.4. The number of nitrogens with one attached hydrogen (secondary N) is 3. The number of nitrogens with zero attached hydrogens (tertiary/aromatic N) is 6. The molecule has 2 unspecified atom stereocenters. The maximum Gasteiger partial charge on any atom is 0.319 e. The van der Waals surface area contributed by atoms with E-state index in [0.717, 1.165) is 89.9 Å². The molecule has 2 aromatic heterocycles. The molecule has 0 spiro atoms. The second-order valence-electron chi connectivity index (χ2n) is 20.8. The lowest BCUT2D eigenvalue weighted by atomic mass is 9.83. The average Bonchev–Trinajstić information content (AvgIpc) is 3.87. The van der Waals surface area contributed by atoms with Gasteiger partial charge in [-0.15, -0.1) is 0 Å². The summed E-state index contributed by atoms with van der Waals surface area (Å²) in [5, 5.41) is 27.0. The van der Waals surface area contributed by atoms with Crippen LogP contribution in [-0.4, -0.2) is 120 Å². The molecule has 71 heavy (non-hydrogen) atoms. The number of amides is 1. The Morgan fingerprint density at radius 1 is 0.958 bits per heavy atom. The lowest BCUT2D eigenvalue weighted by Gasteiger charge is -2.39. The highest BCUT2D eigenvalue weighted by Crippen LogP contribution is 2.40. The smallest absolute Gasteiger partial charge is 0.319 e. The molecular formula is C56H71F2N9O4. The number of phenols is 1. The number of halogens is 2. The molecule has 1 aliphatic carbocycles. The zero-order chi connectivity index (χ0) is 49.8. The van der Waals surface area contributed by atoms with Gasteiger partial charge in [-0.1, -0.05) is 32.0 Å². The van der Waals surface area contributed by atoms with Crippen LogP contribution in [0.1, 0.15) is 107 Å². The summed E-state index contributed by atoms with van der Waals surface area (Å²) in [7, 11) is 3.43. The van der Waals surface area contributed by atoms with Crippen molar-refractivity contribution in [2.45, 2.75) is 103 Å². The van der Waals surface area contributed by atoms with E-state index in [0.29, 0.717) is 87.8 Å². The summed E-state index contributed by atoms with van der Waals surface area (Å²) >= 11 is 0. The number of ether oxygens (including phenoxy) is 1. The molecule has 1 saturated carbocycles. The van der Waals surface area contributed by atoms with Crippen molar-refractivity contribution in [2.24, 2.45) is 23.7 Å². The molecule has 4 aliphatic rings. The number of hydrogen-bond donors (Lipinski definition) is 4. The first-order valence-corrected chi connectivity index (χ1v) is 26.2. The third-order valence-corrected chi connectivity index (χ3v) is 16.1. The average molecular weight is 972 g/mol. The first-order valence-electron chi connectivity index (χ1n) is 26.2. The molecule has 3 aromatic carbocycles. The number of aromatic hydroxyl groups is 1. The molecule has 3 aliphatic heterocycles. The van der Waals surface area contributed by atoms with Crippen LogP contribution in [0, 0.1) is 40.7 Å². The van der Waals surface area contributed by atoms with Crippen molar-refractivity contribution >= 4 is 51.1 Å². The fourth-order valence-corrected chi connectivity index (χ4v) is 12.1. The van der Waals surface area contributed by atoms with Crippen LogP contribution in [0.4, 0.5) is 20.3 Å². The summed E-state index contributed by atoms with van der Waals surface area (Å²) in [5.41, 5.74) is 3.92. The molecule has 5 aromatic rings. The van der Waals surface area contributed by atoms with Gasteiger partial charge < -0.3 is 40.5 Å². The third kappa shape index (κ3) is 11.0. The van der Waals surface area contributed by atoms with Crippen molar-refractivity contribution in [1.29, 1.82) is 5.41 Å². The van der Waals surface area contributed by atoms with Gasteiger partial charge in [0, 0.05) is 81.7 Å². The summed E-state index contributed by atoms with van der Waals surface area (Å²) in [6, 6.07) is 12.9. The lowest BCUT2D eigenvalue weighted by molar-refractivity contribution is -0.120. The Kier molecular flexibility index (Phi) is 15.8. The highest BCUT2D eigenvalue weighted by atomic mass is 19.1. The molecule has 5 heterocycles. The van der Waals surface area contributed by atoms with Gasteiger partial charge in [0.05, 0.1) is 23.6 Å². The van der Waals surface area contributed by atoms with Crippen molar-refractivity contribution < 1.29 is 28.2 Å². The zero-order valence-corrected chi connectivity index (χ0v) is 41.9. The van der Waals surface area contributed by atoms with Crippen molar-refractivity contribution in [2.75, 3.05) is 76.7 Å². The van der Waals surface area contributed by atoms with E-state index >= 15 is 8.78 Å². The van der Waals surface area contributed by atoms with Crippen LogP contribution in [0.25, 0.3) is 32.9 Å². The minimum atomic E-state index is -0.653. The highest BCUT2D eigenvalue weighted by Gasteiger charge is 2.34. The molecule has 4 N–H and O–H groups in total. The van der Waals surface area contributed by atoms with E-state index in [4.69, 9.17) is 20.1 Å². The van der Waals surface area contributed by atoms with E-state index in [-0.39, 0.29) is 46.8 Å². The number of likely N-dealkylation sites (tertiary alicyclic amines) is 2. The minimum absolute atomic E-state index is 0.00207. The van der Waals surface area contributed by atoms with Gasteiger partial charge in [-0.2, -0.15) is 9.97 Å². The molecule has 4 fully saturated rings. The van der Waals surface area contributed by atoms with Crippen molar-refractivity contribution in [3.05, 3.63) is 77.0 Å². The molecule has 9 rings (SSSR count). The second-order valence-corrected chi connectivity index (χ2v) is 20.8. The number of aryl methyl sites for hydroxylation is 1. The summed E-state index contributed by atoms with van der Waals surface area (Å²) in [6.45, 7) is 11.3. The third-order valence-electron chi connectivity index (χ3n) is 16.1. The van der Waals surface area contributed by atoms with Crippen LogP contribution < -0.4 is 20.3 Å². The molecule has 1 amide bonds. The number of fused-ring (bicyclic) bond motifs is 2. The predicted molar refractivity (Wildman–Crippen MR) is 277 cm³/mol. The summed E-state index contributed by atoms with van der Waals surface area (Å²) in [6.07, 6.45) is 13.4. The zero-order valence-electron chi connectivity index (χ0n) is 41.9. The number of pyridine rings is 1. The van der Waals surface area contributed by atoms with Crippen LogP contribution >= 0.6 is 0 Å². The Bertz CT molecular complexity index is 2740. The minimum Gasteiger partial charge on any atom is -0.508 e. The largest absolute Gasteiger partial charge is 0.508 e. The van der Waals surface area contributed by atoms with E-state index < -0.39 is 11.7 Å². The molecule has 13 nitrogen and oxygen atoms in total. The predicted octanol–water partition coefficient (Wildman–Crippen LogP) is 9.52. The number of aromatic nitrogens is 3. The van der Waals surface area contributed by atoms with Gasteiger partial charge in [-0.05, 0) is 154 Å². The van der Waals surface area contributed by atoms with E-state index in [9.17, 15) is 14.7 Å². The number of benzene rings is 3. The maximum absolute atomic E-state index is 17.1. The van der Waals surface area contributed by atoms with Gasteiger partial charge in [0.2, 0.25) is 5.91 Å². The molecule has 378 valence electrons. The Labute approximate surface area is 416 Å². The summed E-state index contributed by atoms with van der Waals surface area (Å²) in [4.78, 5) is 45.5. The first kappa shape index (κ1) is 50.2.